The number of nitrogens with zero attached hydrogens (tertiary/aromatic N) is 2. The first-order valence-corrected chi connectivity index (χ1v) is 3.69. The van der Waals surface area contributed by atoms with E-state index in [-0.39, 0.29) is 16.9 Å². The van der Waals surface area contributed by atoms with Gasteiger partial charge in [0, 0.05) is 5.56 Å². The summed E-state index contributed by atoms with van der Waals surface area (Å²) < 4.78 is 4.49. The molecule has 0 saturated carbocycles. The molecule has 0 atom stereocenters. The van der Waals surface area contributed by atoms with Crippen molar-refractivity contribution in [1.82, 2.24) is 0 Å². The van der Waals surface area contributed by atoms with Crippen molar-refractivity contribution < 1.29 is 9.53 Å². The fraction of sp³-hybridized carbons (Fsp3) is 0.100. The van der Waals surface area contributed by atoms with Crippen molar-refractivity contribution in [2.24, 2.45) is 0 Å². The van der Waals surface area contributed by atoms with Crippen LogP contribution in [0.15, 0.2) is 18.2 Å². The predicted molar refractivity (Wildman–Crippen MR) is 50.3 cm³/mol. The fourth-order valence-corrected chi connectivity index (χ4v) is 0.960. The molecule has 0 heterocycles. The average Bonchev–Trinajstić information content (AvgIpc) is 2.27. The summed E-state index contributed by atoms with van der Waals surface area (Å²) in [6.45, 7) is 13.6. The van der Waals surface area contributed by atoms with Gasteiger partial charge in [0.05, 0.1) is 20.3 Å². The van der Waals surface area contributed by atoms with Gasteiger partial charge in [0.15, 0.2) is 11.4 Å². The fourth-order valence-electron chi connectivity index (χ4n) is 0.960. The highest BCUT2D eigenvalue weighted by Gasteiger charge is 2.07. The molecule has 68 valence electrons. The third kappa shape index (κ3) is 1.88. The van der Waals surface area contributed by atoms with Gasteiger partial charge >= 0.3 is 5.97 Å². The molecule has 0 fully saturated rings. The molecule has 1 aromatic carbocycles. The molecule has 0 aliphatic heterocycles. The van der Waals surface area contributed by atoms with E-state index in [0.29, 0.717) is 0 Å². The van der Waals surface area contributed by atoms with Gasteiger partial charge in [0.1, 0.15) is 0 Å². The Kier molecular flexibility index (Phi) is 2.83. The lowest BCUT2D eigenvalue weighted by atomic mass is 10.2. The van der Waals surface area contributed by atoms with Crippen LogP contribution in [0, 0.1) is 13.1 Å². The number of benzene rings is 1. The van der Waals surface area contributed by atoms with Crippen molar-refractivity contribution >= 4 is 17.3 Å². The summed E-state index contributed by atoms with van der Waals surface area (Å²) in [5.74, 6) is -0.541. The molecule has 1 rings (SSSR count). The molecule has 0 N–H and O–H groups in total. The summed E-state index contributed by atoms with van der Waals surface area (Å²) in [7, 11) is 1.25. The van der Waals surface area contributed by atoms with Gasteiger partial charge in [0.25, 0.3) is 0 Å². The van der Waals surface area contributed by atoms with Crippen LogP contribution in [-0.2, 0) is 4.74 Å². The molecule has 0 radical (unpaired) electrons. The SMILES string of the molecule is [C-]#[N+]c1cc([N+]#[C-])cc(C(=O)OC)c1. The van der Waals surface area contributed by atoms with Gasteiger partial charge in [-0.15, -0.1) is 0 Å². The number of rotatable bonds is 1. The molecule has 0 aromatic heterocycles. The molecular formula is C10H6N2O2. The maximum atomic E-state index is 11.1. The molecule has 0 bridgehead atoms. The van der Waals surface area contributed by atoms with Crippen LogP contribution in [0.4, 0.5) is 11.4 Å². The molecule has 0 aliphatic rings. The van der Waals surface area contributed by atoms with Crippen molar-refractivity contribution in [3.8, 4) is 0 Å². The van der Waals surface area contributed by atoms with Gasteiger partial charge < -0.3 is 4.74 Å². The van der Waals surface area contributed by atoms with E-state index in [1.165, 1.54) is 25.3 Å². The Morgan fingerprint density at radius 1 is 1.21 bits per heavy atom. The molecule has 0 saturated heterocycles. The summed E-state index contributed by atoms with van der Waals surface area (Å²) in [4.78, 5) is 17.4. The zero-order valence-corrected chi connectivity index (χ0v) is 7.44. The molecule has 0 spiro atoms. The quantitative estimate of drug-likeness (QED) is 0.499. The molecule has 4 heteroatoms. The Hall–Kier alpha value is -2.33. The minimum atomic E-state index is -0.541. The lowest BCUT2D eigenvalue weighted by Crippen LogP contribution is -1.99. The van der Waals surface area contributed by atoms with E-state index >= 15 is 0 Å². The Labute approximate surface area is 81.4 Å². The molecule has 0 aliphatic carbocycles. The Morgan fingerprint density at radius 3 is 2.07 bits per heavy atom. The highest BCUT2D eigenvalue weighted by molar-refractivity contribution is 5.92. The van der Waals surface area contributed by atoms with E-state index in [1.807, 2.05) is 0 Å². The second-order valence-electron chi connectivity index (χ2n) is 2.45. The molecule has 0 amide bonds. The zero-order chi connectivity index (χ0) is 10.6. The number of carbonyl (C=O) groups is 1. The van der Waals surface area contributed by atoms with Gasteiger partial charge in [-0.2, -0.15) is 0 Å². The maximum Gasteiger partial charge on any atom is 0.335 e. The molecule has 4 nitrogen and oxygen atoms in total. The van der Waals surface area contributed by atoms with Gasteiger partial charge in [-0.05, 0) is 12.1 Å². The Bertz CT molecular complexity index is 420. The topological polar surface area (TPSA) is 35.0 Å². The van der Waals surface area contributed by atoms with E-state index < -0.39 is 5.97 Å². The van der Waals surface area contributed by atoms with Crippen LogP contribution in [0.1, 0.15) is 10.4 Å². The van der Waals surface area contributed by atoms with E-state index in [4.69, 9.17) is 13.1 Å². The van der Waals surface area contributed by atoms with Gasteiger partial charge in [-0.25, -0.2) is 14.5 Å². The number of hydrogen-bond donors (Lipinski definition) is 0. The predicted octanol–water partition coefficient (Wildman–Crippen LogP) is 2.57. The van der Waals surface area contributed by atoms with E-state index in [1.54, 1.807) is 0 Å². The normalized spacial score (nSPS) is 8.50. The highest BCUT2D eigenvalue weighted by atomic mass is 16.5. The number of carbonyl (C=O) groups excluding carboxylic acids is 1. The minimum Gasteiger partial charge on any atom is -0.465 e. The minimum absolute atomic E-state index is 0.229. The van der Waals surface area contributed by atoms with Crippen molar-refractivity contribution in [2.75, 3.05) is 7.11 Å². The molecule has 0 unspecified atom stereocenters. The highest BCUT2D eigenvalue weighted by Crippen LogP contribution is 2.23. The van der Waals surface area contributed by atoms with Gasteiger partial charge in [0.2, 0.25) is 0 Å². The summed E-state index contributed by atoms with van der Waals surface area (Å²) >= 11 is 0. The summed E-state index contributed by atoms with van der Waals surface area (Å²) in [6, 6.07) is 4.22. The van der Waals surface area contributed by atoms with Crippen LogP contribution < -0.4 is 0 Å². The first-order valence-electron chi connectivity index (χ1n) is 3.69. The third-order valence-corrected chi connectivity index (χ3v) is 1.58. The third-order valence-electron chi connectivity index (χ3n) is 1.58. The Morgan fingerprint density at radius 2 is 1.71 bits per heavy atom. The molecule has 14 heavy (non-hydrogen) atoms. The van der Waals surface area contributed by atoms with Crippen molar-refractivity contribution in [3.63, 3.8) is 0 Å². The summed E-state index contributed by atoms with van der Waals surface area (Å²) in [6.07, 6.45) is 0. The van der Waals surface area contributed by atoms with E-state index in [0.717, 1.165) is 0 Å². The number of ether oxygens (including phenoxy) is 1. The van der Waals surface area contributed by atoms with E-state index in [2.05, 4.69) is 14.4 Å². The van der Waals surface area contributed by atoms with Gasteiger partial charge in [-0.3, -0.25) is 0 Å². The van der Waals surface area contributed by atoms with Crippen molar-refractivity contribution in [2.45, 2.75) is 0 Å². The molecule has 1 aromatic rings. The van der Waals surface area contributed by atoms with Crippen LogP contribution in [0.25, 0.3) is 9.69 Å². The van der Waals surface area contributed by atoms with Crippen LogP contribution in [-0.4, -0.2) is 13.1 Å². The lowest BCUT2D eigenvalue weighted by Gasteiger charge is -2.00. The smallest absolute Gasteiger partial charge is 0.335 e. The zero-order valence-electron chi connectivity index (χ0n) is 7.44. The van der Waals surface area contributed by atoms with Crippen LogP contribution in [0.3, 0.4) is 0 Å². The van der Waals surface area contributed by atoms with Crippen LogP contribution in [0.2, 0.25) is 0 Å². The number of methoxy groups -OCH3 is 1. The van der Waals surface area contributed by atoms with E-state index in [9.17, 15) is 4.79 Å². The van der Waals surface area contributed by atoms with Gasteiger partial charge in [-0.1, -0.05) is 6.07 Å². The number of hydrogen-bond acceptors (Lipinski definition) is 2. The van der Waals surface area contributed by atoms with Crippen LogP contribution >= 0.6 is 0 Å². The van der Waals surface area contributed by atoms with Crippen LogP contribution in [0.5, 0.6) is 0 Å². The summed E-state index contributed by atoms with van der Waals surface area (Å²) in [5, 5.41) is 0. The monoisotopic (exact) mass is 186 g/mol. The number of esters is 1. The largest absolute Gasteiger partial charge is 0.465 e. The Balaban J connectivity index is 3.27. The lowest BCUT2D eigenvalue weighted by molar-refractivity contribution is 0.0601. The first-order chi connectivity index (χ1) is 6.71. The maximum absolute atomic E-state index is 11.1. The summed E-state index contributed by atoms with van der Waals surface area (Å²) in [5.41, 5.74) is 0.754. The van der Waals surface area contributed by atoms with Crippen molar-refractivity contribution in [3.05, 3.63) is 46.6 Å². The van der Waals surface area contributed by atoms with Crippen molar-refractivity contribution in [1.29, 1.82) is 0 Å². The standard InChI is InChI=1S/C10H6N2O2/c1-11-8-4-7(10(13)14-3)5-9(6-8)12-2/h4-6H,3H3. The second-order valence-corrected chi connectivity index (χ2v) is 2.45. The average molecular weight is 186 g/mol. The first kappa shape index (κ1) is 9.76. The second kappa shape index (κ2) is 4.06. The molecular weight excluding hydrogens is 180 g/mol.